The lowest BCUT2D eigenvalue weighted by atomic mass is 9.87. The summed E-state index contributed by atoms with van der Waals surface area (Å²) in [5, 5.41) is 15.5. The summed E-state index contributed by atoms with van der Waals surface area (Å²) >= 11 is 0. The van der Waals surface area contributed by atoms with Crippen molar-refractivity contribution in [3.8, 4) is 5.75 Å². The summed E-state index contributed by atoms with van der Waals surface area (Å²) in [6.07, 6.45) is 4.09. The fourth-order valence-corrected chi connectivity index (χ4v) is 5.49. The SMILES string of the molecule is COc1ccc(C[C@H](NC(=O)[C@@H](C)NC(=O)[C@@H]2CCc3[nH]ncc3C2)C(=O)N[C@@H](Cc2ccccc2)C(=O)[C@@]2(C)CO2)cc1. The highest BCUT2D eigenvalue weighted by atomic mass is 16.6. The minimum absolute atomic E-state index is 0.161. The predicted molar refractivity (Wildman–Crippen MR) is 162 cm³/mol. The molecular weight excluding hydrogens is 562 g/mol. The maximum absolute atomic E-state index is 13.8. The zero-order valence-electron chi connectivity index (χ0n) is 25.2. The number of ether oxygens (including phenoxy) is 2. The van der Waals surface area contributed by atoms with Crippen molar-refractivity contribution < 1.29 is 28.7 Å². The van der Waals surface area contributed by atoms with Crippen LogP contribution in [0.2, 0.25) is 0 Å². The van der Waals surface area contributed by atoms with Gasteiger partial charge in [0.05, 0.1) is 26.0 Å². The number of H-pyrrole nitrogens is 1. The number of ketones is 1. The maximum atomic E-state index is 13.8. The molecule has 0 bridgehead atoms. The number of hydrogen-bond donors (Lipinski definition) is 4. The summed E-state index contributed by atoms with van der Waals surface area (Å²) in [6, 6.07) is 13.8. The summed E-state index contributed by atoms with van der Waals surface area (Å²) in [4.78, 5) is 53.6. The number of nitrogens with one attached hydrogen (secondary N) is 4. The van der Waals surface area contributed by atoms with E-state index in [0.717, 1.165) is 22.4 Å². The van der Waals surface area contributed by atoms with Gasteiger partial charge in [-0.2, -0.15) is 5.10 Å². The van der Waals surface area contributed by atoms with E-state index in [1.165, 1.54) is 0 Å². The van der Waals surface area contributed by atoms with Crippen LogP contribution in [-0.2, 0) is 49.6 Å². The average molecular weight is 602 g/mol. The van der Waals surface area contributed by atoms with Gasteiger partial charge >= 0.3 is 0 Å². The minimum Gasteiger partial charge on any atom is -0.497 e. The van der Waals surface area contributed by atoms with E-state index in [-0.39, 0.29) is 30.4 Å². The van der Waals surface area contributed by atoms with Gasteiger partial charge in [-0.25, -0.2) is 0 Å². The van der Waals surface area contributed by atoms with E-state index in [0.29, 0.717) is 31.6 Å². The molecule has 0 radical (unpaired) electrons. The Balaban J connectivity index is 1.29. The largest absolute Gasteiger partial charge is 0.497 e. The number of epoxide rings is 1. The molecule has 0 spiro atoms. The fraction of sp³-hybridized carbons (Fsp3) is 0.424. The van der Waals surface area contributed by atoms with Crippen molar-refractivity contribution in [2.24, 2.45) is 5.92 Å². The van der Waals surface area contributed by atoms with Crippen LogP contribution < -0.4 is 20.7 Å². The number of carbonyl (C=O) groups excluding carboxylic acids is 4. The number of Topliss-reactive ketones (excluding diaryl/α,β-unsaturated/α-hetero) is 1. The zero-order valence-corrected chi connectivity index (χ0v) is 25.2. The molecule has 4 N–H and O–H groups in total. The first kappa shape index (κ1) is 30.9. The Hall–Kier alpha value is -4.51. The number of hydrogen-bond acceptors (Lipinski definition) is 7. The van der Waals surface area contributed by atoms with Gasteiger partial charge in [0.15, 0.2) is 5.78 Å². The lowest BCUT2D eigenvalue weighted by Crippen LogP contribution is -2.57. The smallest absolute Gasteiger partial charge is 0.243 e. The van der Waals surface area contributed by atoms with Crippen LogP contribution in [0.4, 0.5) is 0 Å². The molecule has 3 aromatic rings. The summed E-state index contributed by atoms with van der Waals surface area (Å²) in [6.45, 7) is 3.59. The van der Waals surface area contributed by atoms with Crippen LogP contribution in [0.3, 0.4) is 0 Å². The Kier molecular flexibility index (Phi) is 9.43. The minimum atomic E-state index is -1.02. The van der Waals surface area contributed by atoms with Gasteiger partial charge < -0.3 is 25.4 Å². The highest BCUT2D eigenvalue weighted by Gasteiger charge is 2.50. The third kappa shape index (κ3) is 7.52. The topological polar surface area (TPSA) is 155 Å². The van der Waals surface area contributed by atoms with E-state index in [4.69, 9.17) is 9.47 Å². The molecule has 11 nitrogen and oxygen atoms in total. The van der Waals surface area contributed by atoms with Crippen LogP contribution >= 0.6 is 0 Å². The molecule has 44 heavy (non-hydrogen) atoms. The Morgan fingerprint density at radius 3 is 2.32 bits per heavy atom. The van der Waals surface area contributed by atoms with Crippen molar-refractivity contribution in [1.29, 1.82) is 0 Å². The summed E-state index contributed by atoms with van der Waals surface area (Å²) in [5.74, 6) is -1.07. The van der Waals surface area contributed by atoms with Gasteiger partial charge in [0.1, 0.15) is 23.4 Å². The van der Waals surface area contributed by atoms with Crippen LogP contribution in [0.25, 0.3) is 0 Å². The number of carbonyl (C=O) groups is 4. The van der Waals surface area contributed by atoms with E-state index in [9.17, 15) is 19.2 Å². The summed E-state index contributed by atoms with van der Waals surface area (Å²) < 4.78 is 10.7. The number of benzene rings is 2. The number of aryl methyl sites for hydroxylation is 1. The first-order valence-corrected chi connectivity index (χ1v) is 14.9. The highest BCUT2D eigenvalue weighted by molar-refractivity contribution is 5.98. The fourth-order valence-electron chi connectivity index (χ4n) is 5.49. The number of nitrogens with zero attached hydrogens (tertiary/aromatic N) is 1. The predicted octanol–water partition coefficient (Wildman–Crippen LogP) is 1.84. The second kappa shape index (κ2) is 13.4. The summed E-state index contributed by atoms with van der Waals surface area (Å²) in [5.41, 5.74) is 2.77. The number of aromatic amines is 1. The van der Waals surface area contributed by atoms with E-state index in [2.05, 4.69) is 26.1 Å². The Labute approximate surface area is 256 Å². The quantitative estimate of drug-likeness (QED) is 0.218. The standard InChI is InChI=1S/C33H39N5O6/c1-20(35-31(41)23-11-14-26-24(17-23)18-34-38-26)30(40)37-28(16-22-9-12-25(43-3)13-10-22)32(42)36-27(29(39)33(2)19-44-33)15-21-7-5-4-6-8-21/h4-10,12-13,18,20,23,27-28H,11,14-17,19H2,1-3H3,(H,34,38)(H,35,41)(H,36,42)(H,37,40)/t20-,23-,27+,28+,33-/m1/s1. The van der Waals surface area contributed by atoms with E-state index < -0.39 is 35.5 Å². The molecule has 1 fully saturated rings. The number of aromatic nitrogens is 2. The maximum Gasteiger partial charge on any atom is 0.243 e. The van der Waals surface area contributed by atoms with Gasteiger partial charge in [0, 0.05) is 18.0 Å². The van der Waals surface area contributed by atoms with Crippen LogP contribution in [0.1, 0.15) is 42.7 Å². The average Bonchev–Trinajstić information content (AvgIpc) is 3.61. The molecule has 0 saturated carbocycles. The van der Waals surface area contributed by atoms with Gasteiger partial charge in [-0.15, -0.1) is 0 Å². The monoisotopic (exact) mass is 601 g/mol. The lowest BCUT2D eigenvalue weighted by molar-refractivity contribution is -0.134. The molecule has 2 aliphatic rings. The first-order valence-electron chi connectivity index (χ1n) is 14.9. The Morgan fingerprint density at radius 1 is 0.977 bits per heavy atom. The van der Waals surface area contributed by atoms with Crippen LogP contribution in [-0.4, -0.2) is 71.1 Å². The molecule has 5 atom stereocenters. The molecule has 1 aromatic heterocycles. The van der Waals surface area contributed by atoms with Crippen LogP contribution in [0.15, 0.2) is 60.8 Å². The lowest BCUT2D eigenvalue weighted by Gasteiger charge is -2.26. The molecule has 2 aromatic carbocycles. The number of amides is 3. The third-order valence-corrected chi connectivity index (χ3v) is 8.39. The molecule has 1 aliphatic carbocycles. The van der Waals surface area contributed by atoms with Crippen LogP contribution in [0.5, 0.6) is 5.75 Å². The van der Waals surface area contributed by atoms with Crippen molar-refractivity contribution in [3.05, 3.63) is 83.2 Å². The van der Waals surface area contributed by atoms with E-state index >= 15 is 0 Å². The Bertz CT molecular complexity index is 1480. The van der Waals surface area contributed by atoms with Gasteiger partial charge in [-0.05, 0) is 68.4 Å². The molecule has 3 amide bonds. The molecule has 2 heterocycles. The van der Waals surface area contributed by atoms with Gasteiger partial charge in [-0.1, -0.05) is 42.5 Å². The van der Waals surface area contributed by atoms with Crippen molar-refractivity contribution in [1.82, 2.24) is 26.1 Å². The molecule has 0 unspecified atom stereocenters. The molecular formula is C33H39N5O6. The molecule has 11 heteroatoms. The molecule has 1 saturated heterocycles. The van der Waals surface area contributed by atoms with Gasteiger partial charge in [0.25, 0.3) is 0 Å². The molecule has 1 aliphatic heterocycles. The number of methoxy groups -OCH3 is 1. The van der Waals surface area contributed by atoms with Crippen molar-refractivity contribution in [2.45, 2.75) is 69.7 Å². The van der Waals surface area contributed by atoms with E-state index in [1.807, 2.05) is 42.5 Å². The van der Waals surface area contributed by atoms with E-state index in [1.54, 1.807) is 39.3 Å². The number of rotatable bonds is 13. The molecule has 5 rings (SSSR count). The molecule has 232 valence electrons. The normalized spacial score (nSPS) is 20.8. The van der Waals surface area contributed by atoms with Crippen molar-refractivity contribution in [3.63, 3.8) is 0 Å². The van der Waals surface area contributed by atoms with Crippen LogP contribution in [0, 0.1) is 5.92 Å². The first-order chi connectivity index (χ1) is 21.1. The number of fused-ring (bicyclic) bond motifs is 1. The second-order valence-corrected chi connectivity index (χ2v) is 11.8. The van der Waals surface area contributed by atoms with Gasteiger partial charge in [-0.3, -0.25) is 24.3 Å². The zero-order chi connectivity index (χ0) is 31.3. The summed E-state index contributed by atoms with van der Waals surface area (Å²) in [7, 11) is 1.57. The Morgan fingerprint density at radius 2 is 1.64 bits per heavy atom. The second-order valence-electron chi connectivity index (χ2n) is 11.8. The van der Waals surface area contributed by atoms with Crippen molar-refractivity contribution >= 4 is 23.5 Å². The highest BCUT2D eigenvalue weighted by Crippen LogP contribution is 2.29. The van der Waals surface area contributed by atoms with Crippen molar-refractivity contribution in [2.75, 3.05) is 13.7 Å². The van der Waals surface area contributed by atoms with Gasteiger partial charge in [0.2, 0.25) is 17.7 Å². The third-order valence-electron chi connectivity index (χ3n) is 8.39.